The maximum Gasteiger partial charge on any atom is 0.0795 e. The molecule has 2 bridgehead atoms. The lowest BCUT2D eigenvalue weighted by molar-refractivity contribution is 0.164. The first-order chi connectivity index (χ1) is 7.81. The van der Waals surface area contributed by atoms with E-state index in [0.29, 0.717) is 0 Å². The van der Waals surface area contributed by atoms with E-state index in [4.69, 9.17) is 0 Å². The first-order valence-corrected chi connectivity index (χ1v) is 7.09. The van der Waals surface area contributed by atoms with Gasteiger partial charge in [0.15, 0.2) is 0 Å². The van der Waals surface area contributed by atoms with Crippen LogP contribution in [0, 0.1) is 0 Å². The van der Waals surface area contributed by atoms with Crippen LogP contribution in [0.15, 0.2) is 10.9 Å². The molecule has 2 saturated heterocycles. The summed E-state index contributed by atoms with van der Waals surface area (Å²) in [6.45, 7) is 1.01. The van der Waals surface area contributed by atoms with Gasteiger partial charge in [0.05, 0.1) is 11.2 Å². The molecule has 3 heterocycles. The van der Waals surface area contributed by atoms with Crippen molar-refractivity contribution in [3.05, 3.63) is 16.6 Å². The Labute approximate surface area is 113 Å². The van der Waals surface area contributed by atoms with Crippen molar-refractivity contribution in [1.82, 2.24) is 15.2 Å². The van der Waals surface area contributed by atoms with Crippen molar-refractivity contribution in [1.29, 1.82) is 0 Å². The van der Waals surface area contributed by atoms with E-state index in [0.717, 1.165) is 24.7 Å². The highest BCUT2D eigenvalue weighted by atomic mass is 35.5. The number of aromatic nitrogens is 1. The zero-order valence-electron chi connectivity index (χ0n) is 10.1. The number of thiazole rings is 1. The Balaban J connectivity index is 0.00000108. The summed E-state index contributed by atoms with van der Waals surface area (Å²) in [6, 6.07) is 2.31. The second-order valence-corrected chi connectivity index (χ2v) is 5.88. The van der Waals surface area contributed by atoms with Crippen LogP contribution in [0.1, 0.15) is 31.4 Å². The minimum Gasteiger partial charge on any atom is -0.311 e. The van der Waals surface area contributed by atoms with Gasteiger partial charge in [0.2, 0.25) is 0 Å². The van der Waals surface area contributed by atoms with Crippen molar-refractivity contribution in [3.8, 4) is 0 Å². The van der Waals surface area contributed by atoms with Crippen LogP contribution in [0.4, 0.5) is 0 Å². The van der Waals surface area contributed by atoms with Gasteiger partial charge in [-0.15, -0.1) is 23.7 Å². The van der Waals surface area contributed by atoms with E-state index < -0.39 is 0 Å². The van der Waals surface area contributed by atoms with Crippen molar-refractivity contribution in [3.63, 3.8) is 0 Å². The standard InChI is InChI=1S/C12H19N3S.ClH/c1-15(6-11-7-16-8-13-11)12-4-9-2-3-10(5-12)14-9;/h7-10,12,14H,2-6H2,1H3;1H. The van der Waals surface area contributed by atoms with Gasteiger partial charge in [-0.3, -0.25) is 4.90 Å². The van der Waals surface area contributed by atoms with Crippen LogP contribution in [-0.4, -0.2) is 35.1 Å². The highest BCUT2D eigenvalue weighted by Crippen LogP contribution is 2.29. The Morgan fingerprint density at radius 3 is 2.71 bits per heavy atom. The smallest absolute Gasteiger partial charge is 0.0795 e. The molecule has 0 saturated carbocycles. The molecule has 0 radical (unpaired) electrons. The van der Waals surface area contributed by atoms with Crippen molar-refractivity contribution in [2.75, 3.05) is 7.05 Å². The zero-order chi connectivity index (χ0) is 11.0. The number of hydrogen-bond donors (Lipinski definition) is 1. The summed E-state index contributed by atoms with van der Waals surface area (Å²) in [6.07, 6.45) is 5.39. The van der Waals surface area contributed by atoms with Gasteiger partial charge in [-0.1, -0.05) is 0 Å². The number of piperidine rings is 1. The molecule has 0 spiro atoms. The predicted octanol–water partition coefficient (Wildman–Crippen LogP) is 2.28. The Morgan fingerprint density at radius 1 is 1.41 bits per heavy atom. The van der Waals surface area contributed by atoms with Crippen LogP contribution in [0.25, 0.3) is 0 Å². The largest absolute Gasteiger partial charge is 0.311 e. The summed E-state index contributed by atoms with van der Waals surface area (Å²) in [5.74, 6) is 0. The summed E-state index contributed by atoms with van der Waals surface area (Å²) in [4.78, 5) is 6.85. The van der Waals surface area contributed by atoms with E-state index in [2.05, 4.69) is 27.6 Å². The lowest BCUT2D eigenvalue weighted by atomic mass is 9.98. The van der Waals surface area contributed by atoms with Crippen molar-refractivity contribution < 1.29 is 0 Å². The molecule has 5 heteroatoms. The van der Waals surface area contributed by atoms with E-state index in [1.54, 1.807) is 11.3 Å². The zero-order valence-corrected chi connectivity index (χ0v) is 11.8. The topological polar surface area (TPSA) is 28.2 Å². The molecular weight excluding hydrogens is 254 g/mol. The fourth-order valence-corrected chi connectivity index (χ4v) is 3.64. The van der Waals surface area contributed by atoms with Crippen molar-refractivity contribution in [2.45, 2.75) is 50.4 Å². The third-order valence-electron chi connectivity index (χ3n) is 3.97. The first-order valence-electron chi connectivity index (χ1n) is 6.14. The molecule has 1 N–H and O–H groups in total. The van der Waals surface area contributed by atoms with Gasteiger partial charge < -0.3 is 5.32 Å². The Hall–Kier alpha value is -0.160. The Kier molecular flexibility index (Phi) is 4.42. The molecule has 17 heavy (non-hydrogen) atoms. The molecule has 2 unspecified atom stereocenters. The number of fused-ring (bicyclic) bond motifs is 2. The number of nitrogens with zero attached hydrogens (tertiary/aromatic N) is 2. The Morgan fingerprint density at radius 2 is 2.12 bits per heavy atom. The molecule has 0 amide bonds. The van der Waals surface area contributed by atoms with Crippen molar-refractivity contribution >= 4 is 23.7 Å². The molecule has 1 aromatic rings. The summed E-state index contributed by atoms with van der Waals surface area (Å²) >= 11 is 1.69. The van der Waals surface area contributed by atoms with Crippen LogP contribution in [-0.2, 0) is 6.54 Å². The van der Waals surface area contributed by atoms with Crippen LogP contribution in [0.3, 0.4) is 0 Å². The molecule has 96 valence electrons. The quantitative estimate of drug-likeness (QED) is 0.916. The molecular formula is C12H20ClN3S. The molecule has 2 aliphatic heterocycles. The monoisotopic (exact) mass is 273 g/mol. The van der Waals surface area contributed by atoms with Crippen LogP contribution in [0.2, 0.25) is 0 Å². The molecule has 0 aromatic carbocycles. The fourth-order valence-electron chi connectivity index (χ4n) is 3.09. The Bertz CT molecular complexity index is 332. The predicted molar refractivity (Wildman–Crippen MR) is 73.8 cm³/mol. The third kappa shape index (κ3) is 2.99. The van der Waals surface area contributed by atoms with Gasteiger partial charge in [0.1, 0.15) is 0 Å². The number of halogens is 1. The van der Waals surface area contributed by atoms with Gasteiger partial charge in [-0.25, -0.2) is 4.98 Å². The minimum absolute atomic E-state index is 0. The van der Waals surface area contributed by atoms with Gasteiger partial charge in [-0.05, 0) is 32.7 Å². The maximum absolute atomic E-state index is 4.37. The minimum atomic E-state index is 0. The lowest BCUT2D eigenvalue weighted by Crippen LogP contribution is -2.46. The molecule has 2 atom stereocenters. The maximum atomic E-state index is 4.37. The van der Waals surface area contributed by atoms with E-state index in [1.165, 1.54) is 31.4 Å². The number of rotatable bonds is 3. The van der Waals surface area contributed by atoms with E-state index in [9.17, 15) is 0 Å². The van der Waals surface area contributed by atoms with Crippen LogP contribution >= 0.6 is 23.7 Å². The summed E-state index contributed by atoms with van der Waals surface area (Å²) < 4.78 is 0. The molecule has 3 rings (SSSR count). The summed E-state index contributed by atoms with van der Waals surface area (Å²) in [7, 11) is 2.24. The lowest BCUT2D eigenvalue weighted by Gasteiger charge is -2.35. The summed E-state index contributed by atoms with van der Waals surface area (Å²) in [5.41, 5.74) is 3.15. The molecule has 2 fully saturated rings. The third-order valence-corrected chi connectivity index (χ3v) is 4.60. The SMILES string of the molecule is CN(Cc1cscn1)C1CC2CCC(C1)N2.Cl. The van der Waals surface area contributed by atoms with Gasteiger partial charge in [0.25, 0.3) is 0 Å². The van der Waals surface area contributed by atoms with Crippen LogP contribution in [0.5, 0.6) is 0 Å². The van der Waals surface area contributed by atoms with Crippen molar-refractivity contribution in [2.24, 2.45) is 0 Å². The molecule has 1 aromatic heterocycles. The van der Waals surface area contributed by atoms with Gasteiger partial charge in [0, 0.05) is 30.1 Å². The van der Waals surface area contributed by atoms with Crippen LogP contribution < -0.4 is 5.32 Å². The normalized spacial score (nSPS) is 31.5. The van der Waals surface area contributed by atoms with E-state index >= 15 is 0 Å². The second kappa shape index (κ2) is 5.65. The number of nitrogens with one attached hydrogen (secondary N) is 1. The highest BCUT2D eigenvalue weighted by molar-refractivity contribution is 7.07. The summed E-state index contributed by atoms with van der Waals surface area (Å²) in [5, 5.41) is 5.85. The highest BCUT2D eigenvalue weighted by Gasteiger charge is 2.34. The second-order valence-electron chi connectivity index (χ2n) is 5.16. The van der Waals surface area contributed by atoms with E-state index in [1.807, 2.05) is 5.51 Å². The molecule has 0 aliphatic carbocycles. The van der Waals surface area contributed by atoms with Gasteiger partial charge >= 0.3 is 0 Å². The average Bonchev–Trinajstić information content (AvgIpc) is 2.89. The fraction of sp³-hybridized carbons (Fsp3) is 0.750. The number of hydrogen-bond acceptors (Lipinski definition) is 4. The first kappa shape index (κ1) is 13.3. The molecule has 2 aliphatic rings. The molecule has 3 nitrogen and oxygen atoms in total. The average molecular weight is 274 g/mol. The van der Waals surface area contributed by atoms with Gasteiger partial charge in [-0.2, -0.15) is 0 Å². The van der Waals surface area contributed by atoms with E-state index in [-0.39, 0.29) is 12.4 Å².